The maximum Gasteiger partial charge on any atom is 3.00 e. The van der Waals surface area contributed by atoms with Crippen LogP contribution in [0.4, 0.5) is 0 Å². The topological polar surface area (TPSA) is 48.5 Å². The number of pyridine rings is 2. The molecule has 56 heavy (non-hydrogen) atoms. The molecular formula is C50H34IrN5. The van der Waals surface area contributed by atoms with Crippen LogP contribution >= 0.6 is 0 Å². The minimum absolute atomic E-state index is 0. The molecule has 0 saturated carbocycles. The molecule has 0 amide bonds. The fourth-order valence-corrected chi connectivity index (χ4v) is 7.12. The molecule has 10 aromatic rings. The third kappa shape index (κ3) is 7.24. The van der Waals surface area contributed by atoms with E-state index in [1.165, 1.54) is 16.3 Å². The van der Waals surface area contributed by atoms with Gasteiger partial charge < -0.3 is 19.1 Å². The van der Waals surface area contributed by atoms with Gasteiger partial charge in [-0.15, -0.1) is 107 Å². The molecule has 0 aliphatic carbocycles. The maximum absolute atomic E-state index is 4.67. The Bertz CT molecular complexity index is 2870. The molecule has 10 rings (SSSR count). The molecule has 5 nitrogen and oxygen atoms in total. The second-order valence-corrected chi connectivity index (χ2v) is 13.2. The minimum atomic E-state index is 0. The second kappa shape index (κ2) is 16.3. The van der Waals surface area contributed by atoms with Crippen molar-refractivity contribution >= 4 is 21.8 Å². The van der Waals surface area contributed by atoms with Crippen molar-refractivity contribution in [2.75, 3.05) is 0 Å². The van der Waals surface area contributed by atoms with Crippen molar-refractivity contribution in [1.29, 1.82) is 0 Å². The van der Waals surface area contributed by atoms with Crippen LogP contribution < -0.4 is 0 Å². The summed E-state index contributed by atoms with van der Waals surface area (Å²) in [5, 5.41) is 2.41. The van der Waals surface area contributed by atoms with Gasteiger partial charge in [0.25, 0.3) is 0 Å². The predicted octanol–water partition coefficient (Wildman–Crippen LogP) is 11.7. The van der Waals surface area contributed by atoms with E-state index in [2.05, 4.69) is 135 Å². The van der Waals surface area contributed by atoms with Crippen molar-refractivity contribution in [3.8, 4) is 61.8 Å². The maximum atomic E-state index is 4.67. The van der Waals surface area contributed by atoms with Crippen molar-refractivity contribution < 1.29 is 20.1 Å². The number of aryl methyl sites for hydroxylation is 1. The summed E-state index contributed by atoms with van der Waals surface area (Å²) in [5.74, 6) is 0.954. The molecule has 0 unspecified atom stereocenters. The van der Waals surface area contributed by atoms with Gasteiger partial charge >= 0.3 is 20.1 Å². The Balaban J connectivity index is 0.000000290. The average Bonchev–Trinajstić information content (AvgIpc) is 3.86. The molecule has 0 aliphatic heterocycles. The van der Waals surface area contributed by atoms with Crippen LogP contribution in [-0.2, 0) is 27.2 Å². The smallest absolute Gasteiger partial charge is 0.373 e. The van der Waals surface area contributed by atoms with Gasteiger partial charge in [0.05, 0.1) is 16.9 Å². The Morgan fingerprint density at radius 2 is 1.23 bits per heavy atom. The largest absolute Gasteiger partial charge is 3.00 e. The van der Waals surface area contributed by atoms with Crippen LogP contribution in [-0.4, -0.2) is 24.1 Å². The number of imidazole rings is 1. The molecule has 0 saturated heterocycles. The van der Waals surface area contributed by atoms with E-state index < -0.39 is 0 Å². The number of benzene rings is 6. The monoisotopic (exact) mass is 897 g/mol. The summed E-state index contributed by atoms with van der Waals surface area (Å²) in [4.78, 5) is 13.4. The van der Waals surface area contributed by atoms with Gasteiger partial charge in [-0.1, -0.05) is 54.6 Å². The molecule has 0 aliphatic rings. The first-order valence-electron chi connectivity index (χ1n) is 18.2. The summed E-state index contributed by atoms with van der Waals surface area (Å²) in [6.07, 6.45) is 7.43. The predicted molar refractivity (Wildman–Crippen MR) is 223 cm³/mol. The molecule has 4 aromatic heterocycles. The number of hydrogen-bond donors (Lipinski definition) is 0. The van der Waals surface area contributed by atoms with Gasteiger partial charge in [-0.2, -0.15) is 0 Å². The van der Waals surface area contributed by atoms with E-state index >= 15 is 0 Å². The average molecular weight is 897 g/mol. The second-order valence-electron chi connectivity index (χ2n) is 13.2. The third-order valence-corrected chi connectivity index (χ3v) is 9.71. The van der Waals surface area contributed by atoms with Gasteiger partial charge in [-0.25, -0.2) is 0 Å². The number of aromatic nitrogens is 5. The van der Waals surface area contributed by atoms with E-state index in [1.807, 2.05) is 96.9 Å². The molecule has 0 spiro atoms. The summed E-state index contributed by atoms with van der Waals surface area (Å²) < 4.78 is 4.34. The summed E-state index contributed by atoms with van der Waals surface area (Å²) in [7, 11) is 1.98. The molecule has 4 heterocycles. The van der Waals surface area contributed by atoms with Crippen LogP contribution in [0.5, 0.6) is 0 Å². The Morgan fingerprint density at radius 3 is 1.98 bits per heavy atom. The van der Waals surface area contributed by atoms with Crippen molar-refractivity contribution in [3.05, 3.63) is 207 Å². The van der Waals surface area contributed by atoms with Crippen LogP contribution in [0.3, 0.4) is 0 Å². The van der Waals surface area contributed by atoms with E-state index in [0.717, 1.165) is 67.3 Å². The Labute approximate surface area is 340 Å². The minimum Gasteiger partial charge on any atom is -0.373 e. The van der Waals surface area contributed by atoms with Gasteiger partial charge in [0.2, 0.25) is 0 Å². The molecule has 268 valence electrons. The van der Waals surface area contributed by atoms with Crippen LogP contribution in [0.2, 0.25) is 0 Å². The SMILES string of the molecule is Cn1ccnc1-c1[c-]cccc1.[Ir+3].[c-]1ccccc1-c1cc(-c2cccc3c2c2cc(-c4cc[c-]c(-c5ccccn5)c4)ccc2n3-c2ccccc2)ccn1. The van der Waals surface area contributed by atoms with Crippen LogP contribution in [0.25, 0.3) is 83.6 Å². The van der Waals surface area contributed by atoms with Gasteiger partial charge in [0.15, 0.2) is 0 Å². The molecule has 0 bridgehead atoms. The van der Waals surface area contributed by atoms with Crippen molar-refractivity contribution in [3.63, 3.8) is 0 Å². The van der Waals surface area contributed by atoms with E-state index in [1.54, 1.807) is 6.20 Å². The van der Waals surface area contributed by atoms with Gasteiger partial charge in [0.1, 0.15) is 0 Å². The number of fused-ring (bicyclic) bond motifs is 3. The molecule has 0 fully saturated rings. The van der Waals surface area contributed by atoms with Crippen molar-refractivity contribution in [2.24, 2.45) is 7.05 Å². The first kappa shape index (κ1) is 36.3. The normalized spacial score (nSPS) is 10.8. The molecule has 6 heteroatoms. The molecular weight excluding hydrogens is 863 g/mol. The van der Waals surface area contributed by atoms with Gasteiger partial charge in [0, 0.05) is 48.3 Å². The van der Waals surface area contributed by atoms with Crippen molar-refractivity contribution in [2.45, 2.75) is 0 Å². The number of para-hydroxylation sites is 1. The zero-order valence-electron chi connectivity index (χ0n) is 30.5. The van der Waals surface area contributed by atoms with E-state index in [4.69, 9.17) is 0 Å². The van der Waals surface area contributed by atoms with E-state index in [9.17, 15) is 0 Å². The van der Waals surface area contributed by atoms with Crippen LogP contribution in [0.15, 0.2) is 189 Å². The number of rotatable bonds is 6. The zero-order chi connectivity index (χ0) is 37.0. The summed E-state index contributed by atoms with van der Waals surface area (Å²) in [6, 6.07) is 66.1. The number of nitrogens with zero attached hydrogens (tertiary/aromatic N) is 5. The van der Waals surface area contributed by atoms with E-state index in [-0.39, 0.29) is 20.1 Å². The fraction of sp³-hybridized carbons (Fsp3) is 0.0200. The number of hydrogen-bond acceptors (Lipinski definition) is 3. The Morgan fingerprint density at radius 1 is 0.482 bits per heavy atom. The Kier molecular flexibility index (Phi) is 10.6. The molecule has 0 radical (unpaired) electrons. The van der Waals surface area contributed by atoms with Gasteiger partial charge in [-0.3, -0.25) is 4.98 Å². The van der Waals surface area contributed by atoms with Gasteiger partial charge in [-0.05, 0) is 70.5 Å². The van der Waals surface area contributed by atoms with Crippen LogP contribution in [0.1, 0.15) is 0 Å². The summed E-state index contributed by atoms with van der Waals surface area (Å²) in [5.41, 5.74) is 12.8. The van der Waals surface area contributed by atoms with Crippen LogP contribution in [0, 0.1) is 18.2 Å². The van der Waals surface area contributed by atoms with E-state index in [0.29, 0.717) is 0 Å². The standard InChI is InChI=1S/C40H25N3.C10H9N2.Ir/c1-3-11-28(12-4-1)37-27-31(22-24-42-37)34-17-10-19-39-40(34)35-26-30(20-21-38(35)43(39)33-15-5-2-6-16-33)29-13-9-14-32(25-29)36-18-7-8-23-41-36;1-12-8-7-11-10(12)9-5-3-2-4-6-9;/h1-11,13,15-27H;2-5,7-8H,1H3;/q-2;-1;+3. The quantitative estimate of drug-likeness (QED) is 0.156. The first-order chi connectivity index (χ1) is 27.2. The first-order valence-corrected chi connectivity index (χ1v) is 18.2. The third-order valence-electron chi connectivity index (χ3n) is 9.71. The summed E-state index contributed by atoms with van der Waals surface area (Å²) >= 11 is 0. The zero-order valence-corrected chi connectivity index (χ0v) is 32.9. The van der Waals surface area contributed by atoms with Crippen molar-refractivity contribution in [1.82, 2.24) is 24.1 Å². The summed E-state index contributed by atoms with van der Waals surface area (Å²) in [6.45, 7) is 0. The molecule has 0 N–H and O–H groups in total. The fourth-order valence-electron chi connectivity index (χ4n) is 7.12. The molecule has 6 aromatic carbocycles. The Hall–Kier alpha value is -6.72. The molecule has 0 atom stereocenters.